The van der Waals surface area contributed by atoms with Crippen LogP contribution >= 0.6 is 0 Å². The Morgan fingerprint density at radius 3 is 2.34 bits per heavy atom. The molecule has 8 N–H and O–H groups in total. The molecule has 4 aliphatic rings. The zero-order valence-electron chi connectivity index (χ0n) is 26.4. The minimum absolute atomic E-state index is 0.0320. The molecule has 0 unspecified atom stereocenters. The second-order valence-electron chi connectivity index (χ2n) is 13.0. The van der Waals surface area contributed by atoms with Crippen molar-refractivity contribution in [1.29, 1.82) is 0 Å². The number of carbonyl (C=O) groups excluding carboxylic acids is 3. The first-order chi connectivity index (χ1) is 22.2. The first-order valence-electron chi connectivity index (χ1n) is 15.6. The predicted octanol–water partition coefficient (Wildman–Crippen LogP) is 0.483. The molecule has 6 rings (SSSR count). The topological polar surface area (TPSA) is 227 Å². The van der Waals surface area contributed by atoms with E-state index in [-0.39, 0.29) is 47.3 Å². The number of phenolic OH excluding ortho intramolecular Hbond substituents is 2. The third-order valence-corrected chi connectivity index (χ3v) is 9.94. The summed E-state index contributed by atoms with van der Waals surface area (Å²) < 4.78 is 23.4. The largest absolute Gasteiger partial charge is 0.507 e. The number of benzene rings is 2. The molecule has 47 heavy (non-hydrogen) atoms. The summed E-state index contributed by atoms with van der Waals surface area (Å²) in [6, 6.07) is 3.23. The third-order valence-electron chi connectivity index (χ3n) is 9.94. The van der Waals surface area contributed by atoms with Crippen molar-refractivity contribution in [3.05, 3.63) is 51.6 Å². The van der Waals surface area contributed by atoms with Gasteiger partial charge in [-0.05, 0) is 26.8 Å². The fraction of sp³-hybridized carbons (Fsp3) is 0.545. The van der Waals surface area contributed by atoms with E-state index in [0.717, 1.165) is 0 Å². The molecule has 2 aliphatic heterocycles. The molecule has 10 atom stereocenters. The summed E-state index contributed by atoms with van der Waals surface area (Å²) >= 11 is 0. The Morgan fingerprint density at radius 2 is 1.68 bits per heavy atom. The van der Waals surface area contributed by atoms with Gasteiger partial charge >= 0.3 is 0 Å². The van der Waals surface area contributed by atoms with E-state index in [4.69, 9.17) is 24.7 Å². The van der Waals surface area contributed by atoms with Crippen molar-refractivity contribution < 1.29 is 58.9 Å². The first-order valence-corrected chi connectivity index (χ1v) is 15.6. The van der Waals surface area contributed by atoms with E-state index >= 15 is 0 Å². The lowest BCUT2D eigenvalue weighted by molar-refractivity contribution is -0.253. The van der Waals surface area contributed by atoms with Gasteiger partial charge in [-0.2, -0.15) is 0 Å². The quantitative estimate of drug-likeness (QED) is 0.179. The van der Waals surface area contributed by atoms with E-state index in [9.17, 15) is 39.9 Å². The summed E-state index contributed by atoms with van der Waals surface area (Å²) in [5.74, 6) is -3.31. The Morgan fingerprint density at radius 1 is 1.00 bits per heavy atom. The van der Waals surface area contributed by atoms with Crippen LogP contribution in [-0.4, -0.2) is 105 Å². The maximum Gasteiger partial charge on any atom is 0.202 e. The van der Waals surface area contributed by atoms with Crippen LogP contribution in [0, 0.1) is 0 Å². The van der Waals surface area contributed by atoms with Crippen LogP contribution in [0.25, 0.3) is 0 Å². The van der Waals surface area contributed by atoms with E-state index in [2.05, 4.69) is 5.32 Å². The Bertz CT molecular complexity index is 1620. The van der Waals surface area contributed by atoms with Crippen molar-refractivity contribution in [2.24, 2.45) is 5.73 Å². The zero-order chi connectivity index (χ0) is 34.1. The maximum atomic E-state index is 13.9. The molecule has 254 valence electrons. The number of aromatic hydroxyl groups is 2. The van der Waals surface area contributed by atoms with Gasteiger partial charge in [-0.25, -0.2) is 0 Å². The number of hydrogen-bond donors (Lipinski definition) is 7. The van der Waals surface area contributed by atoms with Gasteiger partial charge in [0, 0.05) is 54.5 Å². The zero-order valence-corrected chi connectivity index (χ0v) is 26.4. The number of hydrogen-bond acceptors (Lipinski definition) is 14. The van der Waals surface area contributed by atoms with Crippen molar-refractivity contribution >= 4 is 17.3 Å². The van der Waals surface area contributed by atoms with Crippen molar-refractivity contribution in [3.8, 4) is 17.2 Å². The molecule has 2 saturated heterocycles. The average Bonchev–Trinajstić information content (AvgIpc) is 3.02. The number of ketones is 3. The number of ether oxygens (including phenoxy) is 4. The third kappa shape index (κ3) is 5.52. The summed E-state index contributed by atoms with van der Waals surface area (Å²) in [5.41, 5.74) is 2.85. The predicted molar refractivity (Wildman–Crippen MR) is 162 cm³/mol. The molecule has 14 heteroatoms. The molecular weight excluding hydrogens is 616 g/mol. The molecule has 2 fully saturated rings. The molecule has 14 nitrogen and oxygen atoms in total. The summed E-state index contributed by atoms with van der Waals surface area (Å²) in [7, 11) is 1.34. The van der Waals surface area contributed by atoms with Gasteiger partial charge in [0.1, 0.15) is 29.1 Å². The highest BCUT2D eigenvalue weighted by Gasteiger charge is 2.50. The minimum Gasteiger partial charge on any atom is -0.507 e. The second kappa shape index (κ2) is 12.2. The van der Waals surface area contributed by atoms with Crippen LogP contribution in [0.15, 0.2) is 18.2 Å². The summed E-state index contributed by atoms with van der Waals surface area (Å²) in [4.78, 5) is 40.3. The number of nitrogens with two attached hydrogens (primary N) is 1. The lowest BCUT2D eigenvalue weighted by Crippen LogP contribution is -2.61. The molecule has 0 amide bonds. The molecule has 0 aromatic heterocycles. The number of carbonyl (C=O) groups is 3. The summed E-state index contributed by atoms with van der Waals surface area (Å²) in [6.45, 7) is 4.50. The highest BCUT2D eigenvalue weighted by atomic mass is 16.7. The summed E-state index contributed by atoms with van der Waals surface area (Å²) in [6.07, 6.45) is -6.64. The van der Waals surface area contributed by atoms with Crippen molar-refractivity contribution in [2.75, 3.05) is 7.11 Å². The van der Waals surface area contributed by atoms with E-state index in [1.54, 1.807) is 13.8 Å². The molecule has 0 spiro atoms. The van der Waals surface area contributed by atoms with Gasteiger partial charge in [-0.15, -0.1) is 0 Å². The van der Waals surface area contributed by atoms with Gasteiger partial charge in [-0.1, -0.05) is 12.1 Å². The molecular formula is C33H40N2O12. The lowest BCUT2D eigenvalue weighted by atomic mass is 9.72. The molecule has 2 heterocycles. The van der Waals surface area contributed by atoms with Crippen LogP contribution in [-0.2, 0) is 25.4 Å². The van der Waals surface area contributed by atoms with E-state index < -0.39 is 107 Å². The molecule has 0 bridgehead atoms. The van der Waals surface area contributed by atoms with Crippen LogP contribution in [0.1, 0.15) is 89.1 Å². The van der Waals surface area contributed by atoms with E-state index in [1.165, 1.54) is 32.2 Å². The van der Waals surface area contributed by atoms with Gasteiger partial charge in [0.25, 0.3) is 0 Å². The molecule has 0 radical (unpaired) electrons. The number of Topliss-reactive ketones (excluding diaryl/α,β-unsaturated/α-hetero) is 1. The SMILES string of the molecule is COc1cccc2c1C(=O)c1c(O)c3c(c(O)c1C2=O)C[C@](O)(C(C)=O)C[C@H]3O[C@H]1C[C@H](N[C@H]2C[C@@H](N)[C@@H](O)[C@@H](C)O2)[C@H](O)[C@@H](C)O1. The standard InChI is InChI=1S/C33H40N2O12/c1-12-27(37)17(34)8-21(45-12)35-18-9-22(46-13(2)28(18)38)47-20-11-33(43,14(3)36)10-16-24(20)32(42)26-25(30(16)40)29(39)15-6-5-7-19(44-4)23(15)31(26)41/h5-7,12-13,17-18,20-22,27-28,35,37-38,40,42-43H,8-11,34H2,1-4H3/t12-,13-,17-,18+,20-,21-,22+,27+,28-,33-/m1/s1. The van der Waals surface area contributed by atoms with Gasteiger partial charge in [-0.3, -0.25) is 19.7 Å². The second-order valence-corrected chi connectivity index (χ2v) is 13.0. The molecule has 2 aromatic rings. The Balaban J connectivity index is 1.37. The number of nitrogens with one attached hydrogen (secondary N) is 1. The van der Waals surface area contributed by atoms with Crippen LogP contribution in [0.5, 0.6) is 17.2 Å². The van der Waals surface area contributed by atoms with Crippen LogP contribution in [0.2, 0.25) is 0 Å². The van der Waals surface area contributed by atoms with Gasteiger partial charge < -0.3 is 50.2 Å². The number of aliphatic hydroxyl groups excluding tert-OH is 2. The maximum absolute atomic E-state index is 13.9. The van der Waals surface area contributed by atoms with Crippen LogP contribution < -0.4 is 15.8 Å². The number of phenols is 2. The Hall–Kier alpha value is -3.47. The highest BCUT2D eigenvalue weighted by Crippen LogP contribution is 2.52. The van der Waals surface area contributed by atoms with Gasteiger partial charge in [0.2, 0.25) is 5.78 Å². The number of fused-ring (bicyclic) bond motifs is 3. The average molecular weight is 657 g/mol. The number of methoxy groups -OCH3 is 1. The normalized spacial score (nSPS) is 35.1. The van der Waals surface area contributed by atoms with E-state index in [1.807, 2.05) is 0 Å². The smallest absolute Gasteiger partial charge is 0.202 e. The lowest BCUT2D eigenvalue weighted by Gasteiger charge is -2.44. The first kappa shape index (κ1) is 33.4. The monoisotopic (exact) mass is 656 g/mol. The Labute approximate surface area is 270 Å². The fourth-order valence-corrected chi connectivity index (χ4v) is 7.27. The summed E-state index contributed by atoms with van der Waals surface area (Å²) in [5, 5.41) is 59.1. The Kier molecular flexibility index (Phi) is 8.68. The van der Waals surface area contributed by atoms with Crippen LogP contribution in [0.3, 0.4) is 0 Å². The van der Waals surface area contributed by atoms with Crippen molar-refractivity contribution in [3.63, 3.8) is 0 Å². The minimum atomic E-state index is -2.06. The van der Waals surface area contributed by atoms with Crippen molar-refractivity contribution in [2.45, 2.75) is 107 Å². The van der Waals surface area contributed by atoms with Crippen molar-refractivity contribution in [1.82, 2.24) is 5.32 Å². The van der Waals surface area contributed by atoms with Gasteiger partial charge in [0.05, 0.1) is 54.3 Å². The van der Waals surface area contributed by atoms with Crippen LogP contribution in [0.4, 0.5) is 0 Å². The molecule has 0 saturated carbocycles. The highest BCUT2D eigenvalue weighted by molar-refractivity contribution is 6.31. The number of aliphatic hydroxyl groups is 3. The van der Waals surface area contributed by atoms with Gasteiger partial charge in [0.15, 0.2) is 17.9 Å². The van der Waals surface area contributed by atoms with E-state index in [0.29, 0.717) is 0 Å². The molecule has 2 aliphatic carbocycles. The molecule has 2 aromatic carbocycles. The fourth-order valence-electron chi connectivity index (χ4n) is 7.27. The number of rotatable bonds is 6.